The molecule has 3 N–H and O–H groups in total. The van der Waals surface area contributed by atoms with E-state index < -0.39 is 0 Å². The first kappa shape index (κ1) is 7.79. The van der Waals surface area contributed by atoms with Crippen LogP contribution in [0.3, 0.4) is 0 Å². The van der Waals surface area contributed by atoms with Gasteiger partial charge in [0.2, 0.25) is 0 Å². The summed E-state index contributed by atoms with van der Waals surface area (Å²) in [6, 6.07) is 1.91. The minimum atomic E-state index is 0.590. The van der Waals surface area contributed by atoms with Crippen molar-refractivity contribution in [3.8, 4) is 0 Å². The molecule has 0 unspecified atom stereocenters. The lowest BCUT2D eigenvalue weighted by Gasteiger charge is -2.00. The zero-order valence-corrected chi connectivity index (χ0v) is 7.83. The van der Waals surface area contributed by atoms with Crippen LogP contribution in [0.4, 0.5) is 5.82 Å². The summed E-state index contributed by atoms with van der Waals surface area (Å²) in [4.78, 5) is 11.8. The highest BCUT2D eigenvalue weighted by atomic mass is 15.0. The van der Waals surface area contributed by atoms with Crippen LogP contribution in [-0.2, 0) is 6.42 Å². The maximum absolute atomic E-state index is 5.83. The molecule has 0 spiro atoms. The lowest BCUT2D eigenvalue weighted by atomic mass is 10.2. The average Bonchev–Trinajstić information content (AvgIpc) is 2.82. The van der Waals surface area contributed by atoms with Gasteiger partial charge in [0.15, 0.2) is 0 Å². The molecule has 4 nitrogen and oxygen atoms in total. The SMILES string of the molecule is Nc1nc(CC2CC2)nc2[nH]ccc12. The van der Waals surface area contributed by atoms with Gasteiger partial charge in [0, 0.05) is 12.6 Å². The summed E-state index contributed by atoms with van der Waals surface area (Å²) in [5.74, 6) is 2.26. The Hall–Kier alpha value is -1.58. The van der Waals surface area contributed by atoms with Crippen molar-refractivity contribution in [1.29, 1.82) is 0 Å². The topological polar surface area (TPSA) is 67.6 Å². The molecule has 72 valence electrons. The monoisotopic (exact) mass is 188 g/mol. The van der Waals surface area contributed by atoms with Crippen LogP contribution in [0.2, 0.25) is 0 Å². The summed E-state index contributed by atoms with van der Waals surface area (Å²) >= 11 is 0. The fourth-order valence-electron chi connectivity index (χ4n) is 1.68. The Morgan fingerprint density at radius 1 is 1.43 bits per heavy atom. The molecule has 14 heavy (non-hydrogen) atoms. The Morgan fingerprint density at radius 3 is 3.07 bits per heavy atom. The molecule has 4 heteroatoms. The molecule has 1 aliphatic rings. The number of nitrogens with zero attached hydrogens (tertiary/aromatic N) is 2. The minimum absolute atomic E-state index is 0.590. The molecule has 0 atom stereocenters. The van der Waals surface area contributed by atoms with E-state index in [0.29, 0.717) is 5.82 Å². The van der Waals surface area contributed by atoms with Crippen molar-refractivity contribution in [3.05, 3.63) is 18.1 Å². The van der Waals surface area contributed by atoms with E-state index >= 15 is 0 Å². The van der Waals surface area contributed by atoms with Crippen molar-refractivity contribution in [2.75, 3.05) is 5.73 Å². The molecule has 0 aliphatic heterocycles. The zero-order valence-electron chi connectivity index (χ0n) is 7.83. The second-order valence-electron chi connectivity index (χ2n) is 3.91. The number of aromatic amines is 1. The number of nitrogen functional groups attached to an aromatic ring is 1. The van der Waals surface area contributed by atoms with E-state index in [0.717, 1.165) is 29.2 Å². The van der Waals surface area contributed by atoms with Crippen molar-refractivity contribution in [2.24, 2.45) is 5.92 Å². The van der Waals surface area contributed by atoms with Crippen LogP contribution in [-0.4, -0.2) is 15.0 Å². The van der Waals surface area contributed by atoms with Crippen molar-refractivity contribution in [3.63, 3.8) is 0 Å². The first-order valence-corrected chi connectivity index (χ1v) is 4.92. The van der Waals surface area contributed by atoms with Gasteiger partial charge in [-0.3, -0.25) is 0 Å². The maximum atomic E-state index is 5.83. The third-order valence-corrected chi connectivity index (χ3v) is 2.66. The molecule has 1 aliphatic carbocycles. The molecule has 2 aromatic heterocycles. The minimum Gasteiger partial charge on any atom is -0.383 e. The third-order valence-electron chi connectivity index (χ3n) is 2.66. The van der Waals surface area contributed by atoms with Crippen molar-refractivity contribution < 1.29 is 0 Å². The van der Waals surface area contributed by atoms with Crippen molar-refractivity contribution in [1.82, 2.24) is 15.0 Å². The van der Waals surface area contributed by atoms with Crippen LogP contribution in [0.1, 0.15) is 18.7 Å². The van der Waals surface area contributed by atoms with Gasteiger partial charge < -0.3 is 10.7 Å². The molecule has 0 radical (unpaired) electrons. The van der Waals surface area contributed by atoms with Gasteiger partial charge in [-0.25, -0.2) is 9.97 Å². The number of anilines is 1. The molecular weight excluding hydrogens is 176 g/mol. The Labute approximate surface area is 81.6 Å². The zero-order chi connectivity index (χ0) is 9.54. The summed E-state index contributed by atoms with van der Waals surface area (Å²) in [7, 11) is 0. The van der Waals surface area contributed by atoms with Crippen LogP contribution in [0.25, 0.3) is 11.0 Å². The van der Waals surface area contributed by atoms with E-state index in [4.69, 9.17) is 5.73 Å². The van der Waals surface area contributed by atoms with E-state index in [2.05, 4.69) is 15.0 Å². The van der Waals surface area contributed by atoms with E-state index in [1.54, 1.807) is 0 Å². The number of nitrogens with one attached hydrogen (secondary N) is 1. The standard InChI is InChI=1S/C10H12N4/c11-9-7-3-4-12-10(7)14-8(13-9)5-6-1-2-6/h3-4,6H,1-2,5H2,(H3,11,12,13,14). The molecule has 0 amide bonds. The number of H-pyrrole nitrogens is 1. The summed E-state index contributed by atoms with van der Waals surface area (Å²) < 4.78 is 0. The van der Waals surface area contributed by atoms with Gasteiger partial charge in [0.25, 0.3) is 0 Å². The average molecular weight is 188 g/mol. The predicted molar refractivity (Wildman–Crippen MR) is 54.7 cm³/mol. The third kappa shape index (κ3) is 1.23. The highest BCUT2D eigenvalue weighted by Crippen LogP contribution is 2.32. The summed E-state index contributed by atoms with van der Waals surface area (Å²) in [5, 5.41) is 0.921. The number of fused-ring (bicyclic) bond motifs is 1. The summed E-state index contributed by atoms with van der Waals surface area (Å²) in [6.07, 6.45) is 5.44. The van der Waals surface area contributed by atoms with Crippen LogP contribution in [0, 0.1) is 5.92 Å². The number of rotatable bonds is 2. The molecule has 0 bridgehead atoms. The van der Waals surface area contributed by atoms with Crippen LogP contribution >= 0.6 is 0 Å². The van der Waals surface area contributed by atoms with Gasteiger partial charge in [-0.1, -0.05) is 0 Å². The summed E-state index contributed by atoms with van der Waals surface area (Å²) in [5.41, 5.74) is 6.68. The molecule has 3 rings (SSSR count). The predicted octanol–water partition coefficient (Wildman–Crippen LogP) is 1.49. The summed E-state index contributed by atoms with van der Waals surface area (Å²) in [6.45, 7) is 0. The Kier molecular flexibility index (Phi) is 1.50. The van der Waals surface area contributed by atoms with E-state index in [1.807, 2.05) is 12.3 Å². The Balaban J connectivity index is 2.06. The molecule has 0 saturated heterocycles. The lowest BCUT2D eigenvalue weighted by molar-refractivity contribution is 0.777. The maximum Gasteiger partial charge on any atom is 0.143 e. The molecule has 2 aromatic rings. The Bertz CT molecular complexity index is 470. The van der Waals surface area contributed by atoms with Gasteiger partial charge in [-0.05, 0) is 24.8 Å². The quantitative estimate of drug-likeness (QED) is 0.750. The van der Waals surface area contributed by atoms with Gasteiger partial charge in [-0.2, -0.15) is 0 Å². The van der Waals surface area contributed by atoms with Crippen LogP contribution < -0.4 is 5.73 Å². The van der Waals surface area contributed by atoms with Gasteiger partial charge in [-0.15, -0.1) is 0 Å². The number of hydrogen-bond acceptors (Lipinski definition) is 3. The first-order chi connectivity index (χ1) is 6.83. The molecule has 1 fully saturated rings. The first-order valence-electron chi connectivity index (χ1n) is 4.92. The van der Waals surface area contributed by atoms with E-state index in [1.165, 1.54) is 12.8 Å². The molecule has 1 saturated carbocycles. The fourth-order valence-corrected chi connectivity index (χ4v) is 1.68. The van der Waals surface area contributed by atoms with Crippen LogP contribution in [0.5, 0.6) is 0 Å². The fraction of sp³-hybridized carbons (Fsp3) is 0.400. The van der Waals surface area contributed by atoms with E-state index in [9.17, 15) is 0 Å². The van der Waals surface area contributed by atoms with Crippen molar-refractivity contribution >= 4 is 16.9 Å². The van der Waals surface area contributed by atoms with Crippen LogP contribution in [0.15, 0.2) is 12.3 Å². The highest BCUT2D eigenvalue weighted by Gasteiger charge is 2.23. The molecular formula is C10H12N4. The van der Waals surface area contributed by atoms with E-state index in [-0.39, 0.29) is 0 Å². The number of aromatic nitrogens is 3. The second-order valence-corrected chi connectivity index (χ2v) is 3.91. The smallest absolute Gasteiger partial charge is 0.143 e. The number of nitrogens with two attached hydrogens (primary N) is 1. The Morgan fingerprint density at radius 2 is 2.29 bits per heavy atom. The molecule has 0 aromatic carbocycles. The van der Waals surface area contributed by atoms with Crippen molar-refractivity contribution in [2.45, 2.75) is 19.3 Å². The van der Waals surface area contributed by atoms with Gasteiger partial charge >= 0.3 is 0 Å². The molecule has 2 heterocycles. The normalized spacial score (nSPS) is 16.3. The lowest BCUT2D eigenvalue weighted by Crippen LogP contribution is -2.01. The van der Waals surface area contributed by atoms with Gasteiger partial charge in [0.1, 0.15) is 17.3 Å². The second kappa shape index (κ2) is 2.70. The van der Waals surface area contributed by atoms with Gasteiger partial charge in [0.05, 0.1) is 5.39 Å². The largest absolute Gasteiger partial charge is 0.383 e. The highest BCUT2D eigenvalue weighted by molar-refractivity contribution is 5.85. The number of hydrogen-bond donors (Lipinski definition) is 2.